The Morgan fingerprint density at radius 2 is 1.71 bits per heavy atom. The Labute approximate surface area is 104 Å². The topological polar surface area (TPSA) is 49.9 Å². The molecule has 0 aromatic rings. The second-order valence-corrected chi connectivity index (χ2v) is 5.19. The van der Waals surface area contributed by atoms with Gasteiger partial charge in [0.25, 0.3) is 0 Å². The van der Waals surface area contributed by atoms with Gasteiger partial charge in [-0.2, -0.15) is 0 Å². The molecule has 0 atom stereocenters. The summed E-state index contributed by atoms with van der Waals surface area (Å²) >= 11 is 0. The van der Waals surface area contributed by atoms with Gasteiger partial charge in [-0.25, -0.2) is 4.79 Å². The fraction of sp³-hybridized carbons (Fsp3) is 0.833. The maximum atomic E-state index is 11.8. The predicted molar refractivity (Wildman–Crippen MR) is 66.8 cm³/mol. The highest BCUT2D eigenvalue weighted by atomic mass is 16.6. The first-order valence-electron chi connectivity index (χ1n) is 5.85. The van der Waals surface area contributed by atoms with Gasteiger partial charge in [0, 0.05) is 20.6 Å². The number of hydrogen-bond acceptors (Lipinski definition) is 3. The first-order chi connectivity index (χ1) is 7.67. The molecular formula is C12H24N2O3. The van der Waals surface area contributed by atoms with Crippen LogP contribution in [0.25, 0.3) is 0 Å². The van der Waals surface area contributed by atoms with E-state index in [4.69, 9.17) is 4.74 Å². The van der Waals surface area contributed by atoms with Gasteiger partial charge < -0.3 is 9.64 Å². The average molecular weight is 244 g/mol. The third-order valence-corrected chi connectivity index (χ3v) is 1.97. The normalized spacial score (nSPS) is 10.9. The van der Waals surface area contributed by atoms with Gasteiger partial charge >= 0.3 is 6.09 Å². The predicted octanol–water partition coefficient (Wildman–Crippen LogP) is 1.72. The minimum atomic E-state index is -0.537. The molecule has 0 radical (unpaired) electrons. The molecule has 0 aliphatic rings. The van der Waals surface area contributed by atoms with Gasteiger partial charge in [-0.15, -0.1) is 0 Å². The van der Waals surface area contributed by atoms with Crippen molar-refractivity contribution in [3.8, 4) is 0 Å². The molecule has 5 heteroatoms. The number of nitrogens with zero attached hydrogens (tertiary/aromatic N) is 2. The number of likely N-dealkylation sites (N-methyl/N-ethyl adjacent to an activating group) is 1. The number of amides is 2. The molecular weight excluding hydrogens is 220 g/mol. The van der Waals surface area contributed by atoms with Gasteiger partial charge in [-0.05, 0) is 27.2 Å². The van der Waals surface area contributed by atoms with Crippen LogP contribution in [0.5, 0.6) is 0 Å². The molecule has 0 N–H and O–H groups in total. The van der Waals surface area contributed by atoms with Crippen LogP contribution in [0.4, 0.5) is 4.79 Å². The van der Waals surface area contributed by atoms with Crippen LogP contribution in [-0.4, -0.2) is 54.6 Å². The lowest BCUT2D eigenvalue weighted by Crippen LogP contribution is -2.43. The summed E-state index contributed by atoms with van der Waals surface area (Å²) in [4.78, 5) is 26.3. The lowest BCUT2D eigenvalue weighted by molar-refractivity contribution is -0.129. The van der Waals surface area contributed by atoms with E-state index in [0.29, 0.717) is 6.54 Å². The number of hydrogen-bond donors (Lipinski definition) is 0. The first-order valence-corrected chi connectivity index (χ1v) is 5.85. The monoisotopic (exact) mass is 244 g/mol. The van der Waals surface area contributed by atoms with Crippen LogP contribution in [0.15, 0.2) is 0 Å². The molecule has 0 heterocycles. The third-order valence-electron chi connectivity index (χ3n) is 1.97. The molecule has 0 fully saturated rings. The van der Waals surface area contributed by atoms with Crippen LogP contribution in [0.2, 0.25) is 0 Å². The molecule has 0 rings (SSSR count). The highest BCUT2D eigenvalue weighted by molar-refractivity contribution is 5.82. The quantitative estimate of drug-likeness (QED) is 0.756. The van der Waals surface area contributed by atoms with Crippen LogP contribution in [-0.2, 0) is 9.53 Å². The fourth-order valence-electron chi connectivity index (χ4n) is 1.14. The van der Waals surface area contributed by atoms with Gasteiger partial charge in [0.1, 0.15) is 12.1 Å². The van der Waals surface area contributed by atoms with E-state index in [2.05, 4.69) is 0 Å². The highest BCUT2D eigenvalue weighted by Crippen LogP contribution is 2.10. The van der Waals surface area contributed by atoms with Crippen molar-refractivity contribution < 1.29 is 14.3 Å². The Hall–Kier alpha value is -1.26. The van der Waals surface area contributed by atoms with E-state index in [1.165, 1.54) is 9.80 Å². The van der Waals surface area contributed by atoms with E-state index in [1.807, 2.05) is 27.7 Å². The Kier molecular flexibility index (Phi) is 5.99. The summed E-state index contributed by atoms with van der Waals surface area (Å²) in [5.74, 6) is -0.107. The van der Waals surface area contributed by atoms with E-state index < -0.39 is 11.7 Å². The van der Waals surface area contributed by atoms with Crippen molar-refractivity contribution in [3.63, 3.8) is 0 Å². The van der Waals surface area contributed by atoms with Crippen molar-refractivity contribution >= 4 is 12.0 Å². The van der Waals surface area contributed by atoms with E-state index in [0.717, 1.165) is 6.42 Å². The van der Waals surface area contributed by atoms with Crippen molar-refractivity contribution in [2.45, 2.75) is 39.7 Å². The molecule has 17 heavy (non-hydrogen) atoms. The van der Waals surface area contributed by atoms with Crippen molar-refractivity contribution in [1.29, 1.82) is 0 Å². The van der Waals surface area contributed by atoms with Crippen LogP contribution in [0.1, 0.15) is 34.1 Å². The first kappa shape index (κ1) is 15.7. The molecule has 2 amide bonds. The van der Waals surface area contributed by atoms with E-state index in [9.17, 15) is 9.59 Å². The summed E-state index contributed by atoms with van der Waals surface area (Å²) in [7, 11) is 3.34. The zero-order chi connectivity index (χ0) is 13.6. The summed E-state index contributed by atoms with van der Waals surface area (Å²) in [5.41, 5.74) is -0.537. The van der Waals surface area contributed by atoms with Crippen LogP contribution in [0.3, 0.4) is 0 Å². The molecule has 0 spiro atoms. The molecule has 0 saturated heterocycles. The minimum absolute atomic E-state index is 0.0652. The molecule has 0 saturated carbocycles. The van der Waals surface area contributed by atoms with Crippen molar-refractivity contribution in [2.75, 3.05) is 27.2 Å². The second-order valence-electron chi connectivity index (χ2n) is 5.19. The Morgan fingerprint density at radius 3 is 2.06 bits per heavy atom. The van der Waals surface area contributed by atoms with E-state index in [1.54, 1.807) is 14.1 Å². The molecule has 100 valence electrons. The summed E-state index contributed by atoms with van der Waals surface area (Å²) < 4.78 is 5.25. The molecule has 0 bridgehead atoms. The lowest BCUT2D eigenvalue weighted by atomic mass is 10.2. The molecule has 0 aliphatic heterocycles. The average Bonchev–Trinajstić information content (AvgIpc) is 2.13. The Balaban J connectivity index is 4.51. The van der Waals surface area contributed by atoms with Crippen molar-refractivity contribution in [3.05, 3.63) is 0 Å². The number of carbonyl (C=O) groups excluding carboxylic acids is 2. The molecule has 0 aromatic heterocycles. The maximum absolute atomic E-state index is 11.8. The van der Waals surface area contributed by atoms with E-state index >= 15 is 0 Å². The second kappa shape index (κ2) is 6.47. The van der Waals surface area contributed by atoms with Crippen molar-refractivity contribution in [1.82, 2.24) is 9.80 Å². The minimum Gasteiger partial charge on any atom is -0.444 e. The van der Waals surface area contributed by atoms with Crippen LogP contribution in [0, 0.1) is 0 Å². The van der Waals surface area contributed by atoms with Gasteiger partial charge in [-0.3, -0.25) is 9.69 Å². The van der Waals surface area contributed by atoms with Gasteiger partial charge in [0.05, 0.1) is 0 Å². The molecule has 0 aliphatic carbocycles. The number of rotatable bonds is 4. The Morgan fingerprint density at radius 1 is 1.18 bits per heavy atom. The van der Waals surface area contributed by atoms with Crippen molar-refractivity contribution in [2.24, 2.45) is 0 Å². The zero-order valence-electron chi connectivity index (χ0n) is 11.7. The largest absolute Gasteiger partial charge is 0.444 e. The SMILES string of the molecule is CCCN(CC(=O)N(C)C)C(=O)OC(C)(C)C. The fourth-order valence-corrected chi connectivity index (χ4v) is 1.14. The summed E-state index contributed by atoms with van der Waals surface area (Å²) in [6.45, 7) is 7.97. The molecule has 0 unspecified atom stereocenters. The summed E-state index contributed by atoms with van der Waals surface area (Å²) in [6.07, 6.45) is 0.356. The van der Waals surface area contributed by atoms with E-state index in [-0.39, 0.29) is 12.5 Å². The molecule has 0 aromatic carbocycles. The standard InChI is InChI=1S/C12H24N2O3/c1-7-8-14(9-10(15)13(5)6)11(16)17-12(2,3)4/h7-9H2,1-6H3. The third kappa shape index (κ3) is 6.81. The van der Waals surface area contributed by atoms with Gasteiger partial charge in [0.2, 0.25) is 5.91 Å². The zero-order valence-corrected chi connectivity index (χ0v) is 11.7. The number of carbonyl (C=O) groups is 2. The maximum Gasteiger partial charge on any atom is 0.410 e. The smallest absolute Gasteiger partial charge is 0.410 e. The number of ether oxygens (including phenoxy) is 1. The Bertz CT molecular complexity index is 269. The summed E-state index contributed by atoms with van der Waals surface area (Å²) in [6, 6.07) is 0. The van der Waals surface area contributed by atoms with Gasteiger partial charge in [-0.1, -0.05) is 6.92 Å². The highest BCUT2D eigenvalue weighted by Gasteiger charge is 2.23. The summed E-state index contributed by atoms with van der Waals surface area (Å²) in [5, 5.41) is 0. The van der Waals surface area contributed by atoms with Gasteiger partial charge in [0.15, 0.2) is 0 Å². The van der Waals surface area contributed by atoms with Crippen LogP contribution < -0.4 is 0 Å². The van der Waals surface area contributed by atoms with Crippen LogP contribution >= 0.6 is 0 Å². The molecule has 5 nitrogen and oxygen atoms in total. The lowest BCUT2D eigenvalue weighted by Gasteiger charge is -2.27.